The standard InChI is InChI=1S/2C9H8ClN3S/c2*1-5-3-6-4-11-9(14-2)13-7(6)8(10)12-5/h2*3-4H,1-2H3. The summed E-state index contributed by atoms with van der Waals surface area (Å²) in [5, 5.41) is 4.17. The van der Waals surface area contributed by atoms with Gasteiger partial charge in [-0.1, -0.05) is 46.7 Å². The van der Waals surface area contributed by atoms with Gasteiger partial charge in [0.15, 0.2) is 20.6 Å². The molecule has 144 valence electrons. The van der Waals surface area contributed by atoms with E-state index in [-0.39, 0.29) is 0 Å². The number of pyridine rings is 2. The molecule has 0 fully saturated rings. The third kappa shape index (κ3) is 4.81. The normalized spacial score (nSPS) is 10.8. The van der Waals surface area contributed by atoms with E-state index in [1.54, 1.807) is 12.4 Å². The van der Waals surface area contributed by atoms with Crippen molar-refractivity contribution in [3.8, 4) is 0 Å². The number of fused-ring (bicyclic) bond motifs is 2. The quantitative estimate of drug-likeness (QED) is 0.227. The fourth-order valence-electron chi connectivity index (χ4n) is 2.42. The number of thioether (sulfide) groups is 2. The molecule has 0 aliphatic heterocycles. The van der Waals surface area contributed by atoms with Gasteiger partial charge in [-0.15, -0.1) is 0 Å². The summed E-state index contributed by atoms with van der Waals surface area (Å²) in [6.45, 7) is 3.79. The largest absolute Gasteiger partial charge is 0.239 e. The van der Waals surface area contributed by atoms with Gasteiger partial charge >= 0.3 is 0 Å². The van der Waals surface area contributed by atoms with Crippen LogP contribution in [0.3, 0.4) is 0 Å². The first-order valence-electron chi connectivity index (χ1n) is 8.09. The molecule has 0 aliphatic carbocycles. The van der Waals surface area contributed by atoms with Crippen LogP contribution in [0.15, 0.2) is 34.8 Å². The van der Waals surface area contributed by atoms with Crippen molar-refractivity contribution >= 4 is 68.5 Å². The number of aromatic nitrogens is 6. The van der Waals surface area contributed by atoms with Crippen LogP contribution in [0, 0.1) is 13.8 Å². The molecule has 4 aromatic heterocycles. The highest BCUT2D eigenvalue weighted by Gasteiger charge is 2.06. The Morgan fingerprint density at radius 1 is 0.679 bits per heavy atom. The third-order valence-corrected chi connectivity index (χ3v) is 5.27. The van der Waals surface area contributed by atoms with E-state index >= 15 is 0 Å². The van der Waals surface area contributed by atoms with Gasteiger partial charge in [-0.25, -0.2) is 29.9 Å². The van der Waals surface area contributed by atoms with Gasteiger partial charge < -0.3 is 0 Å². The average Bonchev–Trinajstić information content (AvgIpc) is 2.68. The van der Waals surface area contributed by atoms with Crippen LogP contribution < -0.4 is 0 Å². The Bertz CT molecular complexity index is 1060. The monoisotopic (exact) mass is 450 g/mol. The van der Waals surface area contributed by atoms with Gasteiger partial charge in [-0.3, -0.25) is 0 Å². The second kappa shape index (κ2) is 9.17. The third-order valence-electron chi connectivity index (χ3n) is 3.62. The summed E-state index contributed by atoms with van der Waals surface area (Å²) < 4.78 is 0. The van der Waals surface area contributed by atoms with Gasteiger partial charge in [-0.2, -0.15) is 0 Å². The Kier molecular flexibility index (Phi) is 6.87. The highest BCUT2D eigenvalue weighted by Crippen LogP contribution is 2.23. The van der Waals surface area contributed by atoms with E-state index in [9.17, 15) is 0 Å². The van der Waals surface area contributed by atoms with Crippen LogP contribution in [0.2, 0.25) is 10.3 Å². The molecule has 6 nitrogen and oxygen atoms in total. The lowest BCUT2D eigenvalue weighted by molar-refractivity contribution is 1.00. The predicted molar refractivity (Wildman–Crippen MR) is 118 cm³/mol. The molecule has 0 saturated carbocycles. The summed E-state index contributed by atoms with van der Waals surface area (Å²) >= 11 is 14.9. The molecule has 0 unspecified atom stereocenters. The maximum Gasteiger partial charge on any atom is 0.187 e. The minimum Gasteiger partial charge on any atom is -0.239 e. The van der Waals surface area contributed by atoms with E-state index in [0.717, 1.165) is 33.2 Å². The van der Waals surface area contributed by atoms with Crippen LogP contribution in [0.25, 0.3) is 21.8 Å². The zero-order valence-corrected chi connectivity index (χ0v) is 18.7. The Labute approximate surface area is 180 Å². The number of halogens is 2. The van der Waals surface area contributed by atoms with Crippen LogP contribution in [-0.2, 0) is 0 Å². The summed E-state index contributed by atoms with van der Waals surface area (Å²) in [6.07, 6.45) is 7.40. The second-order valence-electron chi connectivity index (χ2n) is 5.70. The van der Waals surface area contributed by atoms with Crippen molar-refractivity contribution in [3.05, 3.63) is 46.2 Å². The van der Waals surface area contributed by atoms with Crippen molar-refractivity contribution < 1.29 is 0 Å². The van der Waals surface area contributed by atoms with E-state index in [0.29, 0.717) is 20.6 Å². The summed E-state index contributed by atoms with van der Waals surface area (Å²) in [4.78, 5) is 25.2. The van der Waals surface area contributed by atoms with Crippen LogP contribution in [0.5, 0.6) is 0 Å². The van der Waals surface area contributed by atoms with Gasteiger partial charge in [0.05, 0.1) is 0 Å². The topological polar surface area (TPSA) is 77.3 Å². The molecule has 0 bridgehead atoms. The molecule has 0 N–H and O–H groups in total. The number of hydrogen-bond donors (Lipinski definition) is 0. The Morgan fingerprint density at radius 3 is 1.43 bits per heavy atom. The van der Waals surface area contributed by atoms with Crippen molar-refractivity contribution in [2.45, 2.75) is 24.2 Å². The van der Waals surface area contributed by atoms with E-state index in [4.69, 9.17) is 23.2 Å². The van der Waals surface area contributed by atoms with E-state index in [2.05, 4.69) is 29.9 Å². The summed E-state index contributed by atoms with van der Waals surface area (Å²) in [6, 6.07) is 3.84. The Morgan fingerprint density at radius 2 is 1.07 bits per heavy atom. The fourth-order valence-corrected chi connectivity index (χ4v) is 3.67. The highest BCUT2D eigenvalue weighted by atomic mass is 35.5. The van der Waals surface area contributed by atoms with E-state index in [1.165, 1.54) is 23.5 Å². The summed E-state index contributed by atoms with van der Waals surface area (Å²) in [7, 11) is 0. The van der Waals surface area contributed by atoms with Crippen molar-refractivity contribution in [1.29, 1.82) is 0 Å². The lowest BCUT2D eigenvalue weighted by atomic mass is 10.3. The minimum atomic E-state index is 0.442. The van der Waals surface area contributed by atoms with Gasteiger partial charge in [0.25, 0.3) is 0 Å². The number of rotatable bonds is 2. The van der Waals surface area contributed by atoms with Gasteiger partial charge in [0.2, 0.25) is 0 Å². The molecular formula is C18H16Cl2N6S2. The van der Waals surface area contributed by atoms with Gasteiger partial charge in [0, 0.05) is 34.6 Å². The number of nitrogens with zero attached hydrogens (tertiary/aromatic N) is 6. The lowest BCUT2D eigenvalue weighted by Crippen LogP contribution is -1.91. The predicted octanol–water partition coefficient (Wildman–Crippen LogP) is 5.42. The fraction of sp³-hybridized carbons (Fsp3) is 0.222. The SMILES string of the molecule is CSc1ncc2cc(C)nc(Cl)c2n1.CSc1ncc2cc(C)nc(Cl)c2n1. The Hall–Kier alpha value is -1.74. The molecule has 0 radical (unpaired) electrons. The highest BCUT2D eigenvalue weighted by molar-refractivity contribution is 7.98. The molecule has 0 amide bonds. The van der Waals surface area contributed by atoms with Crippen LogP contribution in [0.4, 0.5) is 0 Å². The molecule has 0 aromatic carbocycles. The van der Waals surface area contributed by atoms with Crippen molar-refractivity contribution in [2.75, 3.05) is 12.5 Å². The first-order valence-corrected chi connectivity index (χ1v) is 11.3. The zero-order chi connectivity index (χ0) is 20.3. The second-order valence-corrected chi connectivity index (χ2v) is 7.96. The average molecular weight is 451 g/mol. The molecule has 10 heteroatoms. The molecular weight excluding hydrogens is 435 g/mol. The lowest BCUT2D eigenvalue weighted by Gasteiger charge is -2.01. The molecule has 28 heavy (non-hydrogen) atoms. The molecule has 4 heterocycles. The molecule has 0 spiro atoms. The molecule has 0 saturated heterocycles. The minimum absolute atomic E-state index is 0.442. The van der Waals surface area contributed by atoms with Crippen molar-refractivity contribution in [2.24, 2.45) is 0 Å². The zero-order valence-electron chi connectivity index (χ0n) is 15.6. The number of aryl methyl sites for hydroxylation is 2. The van der Waals surface area contributed by atoms with E-state index in [1.807, 2.05) is 38.5 Å². The molecule has 0 aliphatic rings. The Balaban J connectivity index is 0.000000161. The van der Waals surface area contributed by atoms with Crippen LogP contribution in [-0.4, -0.2) is 42.4 Å². The van der Waals surface area contributed by atoms with Gasteiger partial charge in [-0.05, 0) is 38.5 Å². The van der Waals surface area contributed by atoms with E-state index < -0.39 is 0 Å². The van der Waals surface area contributed by atoms with Crippen molar-refractivity contribution in [1.82, 2.24) is 29.9 Å². The molecule has 0 atom stereocenters. The van der Waals surface area contributed by atoms with Crippen molar-refractivity contribution in [3.63, 3.8) is 0 Å². The summed E-state index contributed by atoms with van der Waals surface area (Å²) in [5.74, 6) is 0. The maximum atomic E-state index is 5.98. The van der Waals surface area contributed by atoms with Crippen LogP contribution in [0.1, 0.15) is 11.4 Å². The maximum absolute atomic E-state index is 5.98. The first kappa shape index (κ1) is 21.0. The van der Waals surface area contributed by atoms with Gasteiger partial charge in [0.1, 0.15) is 11.0 Å². The molecule has 4 rings (SSSR count). The molecule has 4 aromatic rings. The smallest absolute Gasteiger partial charge is 0.187 e. The number of hydrogen-bond acceptors (Lipinski definition) is 8. The van der Waals surface area contributed by atoms with Crippen LogP contribution >= 0.6 is 46.7 Å². The first-order chi connectivity index (χ1) is 13.4. The summed E-state index contributed by atoms with van der Waals surface area (Å²) in [5.41, 5.74) is 3.19.